The van der Waals surface area contributed by atoms with Crippen molar-refractivity contribution in [2.24, 2.45) is 0 Å². The zero-order chi connectivity index (χ0) is 16.3. The quantitative estimate of drug-likeness (QED) is 0.693. The first-order valence-electron chi connectivity index (χ1n) is 7.37. The van der Waals surface area contributed by atoms with Crippen molar-refractivity contribution in [1.82, 2.24) is 10.3 Å². The van der Waals surface area contributed by atoms with E-state index >= 15 is 0 Å². The van der Waals surface area contributed by atoms with Gasteiger partial charge in [0.15, 0.2) is 0 Å². The van der Waals surface area contributed by atoms with Crippen LogP contribution >= 0.6 is 0 Å². The molecule has 23 heavy (non-hydrogen) atoms. The van der Waals surface area contributed by atoms with E-state index in [-0.39, 0.29) is 12.5 Å². The number of nitrogens with zero attached hydrogens (tertiary/aromatic N) is 1. The first-order valence-corrected chi connectivity index (χ1v) is 7.37. The molecule has 6 heteroatoms. The topological polar surface area (TPSA) is 72.5 Å². The standard InChI is InChI=1S/C17H21N3O3/c1-22-10-11-23-13-17(21)19-12-14-2-4-15(5-3-14)20-16-6-8-18-9-7-16/h2-9H,10-13H2,1H3,(H,18,20)(H,19,21). The van der Waals surface area contributed by atoms with Crippen LogP contribution in [0.15, 0.2) is 48.8 Å². The number of hydrogen-bond acceptors (Lipinski definition) is 5. The number of methoxy groups -OCH3 is 1. The van der Waals surface area contributed by atoms with E-state index in [0.717, 1.165) is 16.9 Å². The third-order valence-electron chi connectivity index (χ3n) is 3.08. The van der Waals surface area contributed by atoms with Gasteiger partial charge in [-0.1, -0.05) is 12.1 Å². The molecule has 122 valence electrons. The Morgan fingerprint density at radius 3 is 2.43 bits per heavy atom. The first-order chi connectivity index (χ1) is 11.3. The Morgan fingerprint density at radius 2 is 1.74 bits per heavy atom. The summed E-state index contributed by atoms with van der Waals surface area (Å²) in [6, 6.07) is 11.7. The van der Waals surface area contributed by atoms with Crippen LogP contribution in [0.3, 0.4) is 0 Å². The minimum Gasteiger partial charge on any atom is -0.382 e. The average Bonchev–Trinajstić information content (AvgIpc) is 2.59. The highest BCUT2D eigenvalue weighted by molar-refractivity contribution is 5.77. The van der Waals surface area contributed by atoms with Crippen molar-refractivity contribution in [3.05, 3.63) is 54.4 Å². The van der Waals surface area contributed by atoms with E-state index in [1.807, 2.05) is 36.4 Å². The third-order valence-corrected chi connectivity index (χ3v) is 3.08. The van der Waals surface area contributed by atoms with Gasteiger partial charge in [-0.2, -0.15) is 0 Å². The number of benzene rings is 1. The number of pyridine rings is 1. The number of aromatic nitrogens is 1. The molecule has 0 atom stereocenters. The molecule has 0 saturated heterocycles. The van der Waals surface area contributed by atoms with E-state index in [1.54, 1.807) is 19.5 Å². The molecule has 2 aromatic rings. The molecule has 1 aromatic heterocycles. The van der Waals surface area contributed by atoms with Gasteiger partial charge < -0.3 is 20.1 Å². The minimum atomic E-state index is -0.139. The van der Waals surface area contributed by atoms with Gasteiger partial charge in [0, 0.05) is 37.4 Å². The van der Waals surface area contributed by atoms with Crippen molar-refractivity contribution in [3.63, 3.8) is 0 Å². The van der Waals surface area contributed by atoms with Crippen molar-refractivity contribution >= 4 is 17.3 Å². The van der Waals surface area contributed by atoms with Gasteiger partial charge >= 0.3 is 0 Å². The van der Waals surface area contributed by atoms with Crippen LogP contribution in [-0.4, -0.2) is 37.8 Å². The molecule has 0 bridgehead atoms. The van der Waals surface area contributed by atoms with Gasteiger partial charge in [0.25, 0.3) is 0 Å². The lowest BCUT2D eigenvalue weighted by Gasteiger charge is -2.08. The number of rotatable bonds is 9. The number of anilines is 2. The van der Waals surface area contributed by atoms with E-state index in [1.165, 1.54) is 0 Å². The number of carbonyl (C=O) groups is 1. The Labute approximate surface area is 135 Å². The van der Waals surface area contributed by atoms with Crippen LogP contribution in [0.5, 0.6) is 0 Å². The monoisotopic (exact) mass is 315 g/mol. The summed E-state index contributed by atoms with van der Waals surface area (Å²) >= 11 is 0. The highest BCUT2D eigenvalue weighted by Gasteiger charge is 2.02. The molecule has 0 aliphatic heterocycles. The van der Waals surface area contributed by atoms with Crippen molar-refractivity contribution in [3.8, 4) is 0 Å². The van der Waals surface area contributed by atoms with E-state index in [4.69, 9.17) is 9.47 Å². The molecule has 0 fully saturated rings. The summed E-state index contributed by atoms with van der Waals surface area (Å²) in [6.45, 7) is 1.42. The van der Waals surface area contributed by atoms with Crippen LogP contribution in [0.4, 0.5) is 11.4 Å². The van der Waals surface area contributed by atoms with Crippen LogP contribution in [0.1, 0.15) is 5.56 Å². The molecule has 6 nitrogen and oxygen atoms in total. The Kier molecular flexibility index (Phi) is 7.03. The van der Waals surface area contributed by atoms with Gasteiger partial charge in [-0.25, -0.2) is 0 Å². The van der Waals surface area contributed by atoms with Gasteiger partial charge in [-0.15, -0.1) is 0 Å². The second kappa shape index (κ2) is 9.55. The highest BCUT2D eigenvalue weighted by atomic mass is 16.5. The van der Waals surface area contributed by atoms with Crippen LogP contribution in [0.25, 0.3) is 0 Å². The lowest BCUT2D eigenvalue weighted by atomic mass is 10.2. The smallest absolute Gasteiger partial charge is 0.246 e. The SMILES string of the molecule is COCCOCC(=O)NCc1ccc(Nc2ccncc2)cc1. The van der Waals surface area contributed by atoms with Gasteiger partial charge in [0.1, 0.15) is 6.61 Å². The highest BCUT2D eigenvalue weighted by Crippen LogP contribution is 2.15. The summed E-state index contributed by atoms with van der Waals surface area (Å²) in [6.07, 6.45) is 3.47. The number of ether oxygens (including phenoxy) is 2. The molecule has 0 spiro atoms. The van der Waals surface area contributed by atoms with Crippen molar-refractivity contribution in [2.45, 2.75) is 6.54 Å². The summed E-state index contributed by atoms with van der Waals surface area (Å²) in [5.74, 6) is -0.139. The zero-order valence-corrected chi connectivity index (χ0v) is 13.1. The van der Waals surface area contributed by atoms with Crippen molar-refractivity contribution in [2.75, 3.05) is 32.2 Å². The largest absolute Gasteiger partial charge is 0.382 e. The van der Waals surface area contributed by atoms with E-state index in [2.05, 4.69) is 15.6 Å². The molecule has 0 aliphatic carbocycles. The fourth-order valence-electron chi connectivity index (χ4n) is 1.87. The van der Waals surface area contributed by atoms with Gasteiger partial charge in [-0.05, 0) is 29.8 Å². The average molecular weight is 315 g/mol. The maximum Gasteiger partial charge on any atom is 0.246 e. The molecule has 0 radical (unpaired) electrons. The Balaban J connectivity index is 1.73. The predicted octanol–water partition coefficient (Wildman–Crippen LogP) is 2.10. The molecule has 0 saturated carbocycles. The van der Waals surface area contributed by atoms with Crippen LogP contribution < -0.4 is 10.6 Å². The number of nitrogens with one attached hydrogen (secondary N) is 2. The number of carbonyl (C=O) groups excluding carboxylic acids is 1. The van der Waals surface area contributed by atoms with Gasteiger partial charge in [0.2, 0.25) is 5.91 Å². The normalized spacial score (nSPS) is 10.3. The zero-order valence-electron chi connectivity index (χ0n) is 13.1. The molecule has 1 aromatic carbocycles. The van der Waals surface area contributed by atoms with Crippen molar-refractivity contribution in [1.29, 1.82) is 0 Å². The molecule has 2 N–H and O–H groups in total. The summed E-state index contributed by atoms with van der Waals surface area (Å²) in [5.41, 5.74) is 2.99. The second-order valence-electron chi connectivity index (χ2n) is 4.88. The van der Waals surface area contributed by atoms with Crippen molar-refractivity contribution < 1.29 is 14.3 Å². The Hall–Kier alpha value is -2.44. The fraction of sp³-hybridized carbons (Fsp3) is 0.294. The van der Waals surface area contributed by atoms with E-state index in [9.17, 15) is 4.79 Å². The molecule has 1 heterocycles. The Bertz CT molecular complexity index is 588. The van der Waals surface area contributed by atoms with E-state index < -0.39 is 0 Å². The predicted molar refractivity (Wildman–Crippen MR) is 88.5 cm³/mol. The molecular weight excluding hydrogens is 294 g/mol. The molecule has 0 unspecified atom stereocenters. The third kappa shape index (κ3) is 6.46. The van der Waals surface area contributed by atoms with Gasteiger partial charge in [-0.3, -0.25) is 9.78 Å². The maximum atomic E-state index is 11.6. The summed E-state index contributed by atoms with van der Waals surface area (Å²) < 4.78 is 10.00. The summed E-state index contributed by atoms with van der Waals surface area (Å²) in [4.78, 5) is 15.6. The van der Waals surface area contributed by atoms with Gasteiger partial charge in [0.05, 0.1) is 13.2 Å². The molecule has 0 aliphatic rings. The minimum absolute atomic E-state index is 0.0467. The molecule has 2 rings (SSSR count). The fourth-order valence-corrected chi connectivity index (χ4v) is 1.87. The van der Waals surface area contributed by atoms with E-state index in [0.29, 0.717) is 19.8 Å². The van der Waals surface area contributed by atoms with Crippen LogP contribution in [0, 0.1) is 0 Å². The van der Waals surface area contributed by atoms with Crippen LogP contribution in [0.2, 0.25) is 0 Å². The Morgan fingerprint density at radius 1 is 1.04 bits per heavy atom. The second-order valence-corrected chi connectivity index (χ2v) is 4.88. The molecular formula is C17H21N3O3. The van der Waals surface area contributed by atoms with Crippen LogP contribution in [-0.2, 0) is 20.8 Å². The number of amides is 1. The summed E-state index contributed by atoms with van der Waals surface area (Å²) in [5, 5.41) is 6.09. The number of hydrogen-bond donors (Lipinski definition) is 2. The maximum absolute atomic E-state index is 11.6. The lowest BCUT2D eigenvalue weighted by Crippen LogP contribution is -2.27. The lowest BCUT2D eigenvalue weighted by molar-refractivity contribution is -0.126. The first kappa shape index (κ1) is 16.9. The molecule has 1 amide bonds. The summed E-state index contributed by atoms with van der Waals surface area (Å²) in [7, 11) is 1.59.